The second-order valence-corrected chi connectivity index (χ2v) is 5.50. The Kier molecular flexibility index (Phi) is 3.37. The molecule has 0 saturated carbocycles. The number of benzene rings is 2. The molecule has 0 atom stereocenters. The van der Waals surface area contributed by atoms with E-state index in [1.165, 1.54) is 0 Å². The zero-order chi connectivity index (χ0) is 15.9. The van der Waals surface area contributed by atoms with Crippen LogP contribution in [0.25, 0.3) is 10.9 Å². The van der Waals surface area contributed by atoms with Crippen LogP contribution >= 0.6 is 0 Å². The molecule has 0 saturated heterocycles. The quantitative estimate of drug-likeness (QED) is 0.780. The number of rotatable bonds is 3. The molecule has 0 spiro atoms. The van der Waals surface area contributed by atoms with Crippen LogP contribution in [0.4, 0.5) is 0 Å². The molecule has 1 heterocycles. The maximum atomic E-state index is 11.9. The smallest absolute Gasteiger partial charge is 0.251 e. The first-order valence-corrected chi connectivity index (χ1v) is 7.14. The van der Waals surface area contributed by atoms with Crippen molar-refractivity contribution in [2.45, 2.75) is 13.3 Å². The van der Waals surface area contributed by atoms with E-state index in [2.05, 4.69) is 0 Å². The van der Waals surface area contributed by atoms with Crippen molar-refractivity contribution in [3.8, 4) is 5.75 Å². The van der Waals surface area contributed by atoms with Gasteiger partial charge < -0.3 is 15.4 Å². The van der Waals surface area contributed by atoms with Crippen molar-refractivity contribution in [3.05, 3.63) is 64.8 Å². The molecule has 1 amide bonds. The number of phenolic OH excluding ortho intramolecular Hbond substituents is 1. The number of nitrogens with zero attached hydrogens (tertiary/aromatic N) is 1. The van der Waals surface area contributed by atoms with Crippen molar-refractivity contribution in [1.29, 1.82) is 0 Å². The number of phenols is 1. The summed E-state index contributed by atoms with van der Waals surface area (Å²) in [7, 11) is 1.90. The summed E-state index contributed by atoms with van der Waals surface area (Å²) in [5.41, 5.74) is 9.57. The van der Waals surface area contributed by atoms with Gasteiger partial charge in [0.1, 0.15) is 5.75 Å². The van der Waals surface area contributed by atoms with Gasteiger partial charge in [0.25, 0.3) is 5.91 Å². The van der Waals surface area contributed by atoms with Crippen LogP contribution in [0.1, 0.15) is 27.2 Å². The molecule has 3 rings (SSSR count). The molecule has 4 heteroatoms. The van der Waals surface area contributed by atoms with Crippen LogP contribution in [-0.2, 0) is 13.5 Å². The van der Waals surface area contributed by atoms with Gasteiger partial charge in [0, 0.05) is 35.6 Å². The first-order chi connectivity index (χ1) is 10.5. The van der Waals surface area contributed by atoms with E-state index in [-0.39, 0.29) is 5.75 Å². The molecule has 4 nitrogen and oxygen atoms in total. The molecular formula is C18H18N2O2. The summed E-state index contributed by atoms with van der Waals surface area (Å²) in [5.74, 6) is -0.285. The van der Waals surface area contributed by atoms with E-state index in [1.54, 1.807) is 6.07 Å². The summed E-state index contributed by atoms with van der Waals surface area (Å²) < 4.78 is 1.93. The van der Waals surface area contributed by atoms with Gasteiger partial charge in [-0.25, -0.2) is 0 Å². The van der Waals surface area contributed by atoms with Crippen molar-refractivity contribution < 1.29 is 9.90 Å². The Morgan fingerprint density at radius 2 is 1.86 bits per heavy atom. The maximum absolute atomic E-state index is 11.9. The van der Waals surface area contributed by atoms with Crippen molar-refractivity contribution in [2.75, 3.05) is 0 Å². The lowest BCUT2D eigenvalue weighted by atomic mass is 9.97. The van der Waals surface area contributed by atoms with E-state index in [0.717, 1.165) is 27.7 Å². The summed E-state index contributed by atoms with van der Waals surface area (Å²) in [6.07, 6.45) is 0.549. The zero-order valence-electron chi connectivity index (χ0n) is 12.6. The molecular weight excluding hydrogens is 276 g/mol. The van der Waals surface area contributed by atoms with E-state index < -0.39 is 5.91 Å². The summed E-state index contributed by atoms with van der Waals surface area (Å²) in [6.45, 7) is 1.86. The first-order valence-electron chi connectivity index (χ1n) is 7.14. The molecule has 0 fully saturated rings. The molecule has 112 valence electrons. The normalized spacial score (nSPS) is 11.0. The van der Waals surface area contributed by atoms with Crippen LogP contribution in [0.5, 0.6) is 5.75 Å². The number of hydrogen-bond donors (Lipinski definition) is 2. The summed E-state index contributed by atoms with van der Waals surface area (Å²) >= 11 is 0. The second kappa shape index (κ2) is 5.22. The van der Waals surface area contributed by atoms with Crippen LogP contribution in [0.3, 0.4) is 0 Å². The third-order valence-corrected chi connectivity index (χ3v) is 4.21. The van der Waals surface area contributed by atoms with Gasteiger partial charge >= 0.3 is 0 Å². The molecule has 3 N–H and O–H groups in total. The fourth-order valence-electron chi connectivity index (χ4n) is 2.99. The standard InChI is InChI=1S/C18H18N2O2/c1-11-16(18(19)22)17-13(10-12-6-4-3-5-7-12)15(21)9-8-14(17)20(11)2/h3-9,21H,10H2,1-2H3,(H2,19,22). The van der Waals surface area contributed by atoms with E-state index >= 15 is 0 Å². The Hall–Kier alpha value is -2.75. The minimum absolute atomic E-state index is 0.185. The number of fused-ring (bicyclic) bond motifs is 1. The van der Waals surface area contributed by atoms with E-state index in [9.17, 15) is 9.90 Å². The van der Waals surface area contributed by atoms with Crippen LogP contribution in [-0.4, -0.2) is 15.6 Å². The van der Waals surface area contributed by atoms with E-state index in [4.69, 9.17) is 5.73 Å². The third-order valence-electron chi connectivity index (χ3n) is 4.21. The number of carbonyl (C=O) groups excluding carboxylic acids is 1. The van der Waals surface area contributed by atoms with Gasteiger partial charge in [-0.3, -0.25) is 4.79 Å². The van der Waals surface area contributed by atoms with Gasteiger partial charge in [-0.1, -0.05) is 30.3 Å². The third kappa shape index (κ3) is 2.13. The highest BCUT2D eigenvalue weighted by Crippen LogP contribution is 2.34. The van der Waals surface area contributed by atoms with E-state index in [1.807, 2.05) is 54.9 Å². The molecule has 0 aliphatic heterocycles. The van der Waals surface area contributed by atoms with Gasteiger partial charge in [-0.05, 0) is 24.6 Å². The van der Waals surface area contributed by atoms with Gasteiger partial charge in [0.15, 0.2) is 0 Å². The van der Waals surface area contributed by atoms with Gasteiger partial charge in [0.2, 0.25) is 0 Å². The molecule has 1 aromatic heterocycles. The van der Waals surface area contributed by atoms with Crippen LogP contribution < -0.4 is 5.73 Å². The van der Waals surface area contributed by atoms with Gasteiger partial charge in [-0.15, -0.1) is 0 Å². The van der Waals surface area contributed by atoms with Gasteiger partial charge in [-0.2, -0.15) is 0 Å². The highest BCUT2D eigenvalue weighted by Gasteiger charge is 2.21. The minimum Gasteiger partial charge on any atom is -0.508 e. The predicted octanol–water partition coefficient (Wildman–Crippen LogP) is 2.88. The lowest BCUT2D eigenvalue weighted by molar-refractivity contribution is 0.100. The second-order valence-electron chi connectivity index (χ2n) is 5.50. The number of hydrogen-bond acceptors (Lipinski definition) is 2. The fourth-order valence-corrected chi connectivity index (χ4v) is 2.99. The Labute approximate surface area is 128 Å². The Balaban J connectivity index is 2.31. The van der Waals surface area contributed by atoms with Crippen molar-refractivity contribution >= 4 is 16.8 Å². The Bertz CT molecular complexity index is 864. The Morgan fingerprint density at radius 3 is 2.50 bits per heavy atom. The van der Waals surface area contributed by atoms with Crippen molar-refractivity contribution in [2.24, 2.45) is 12.8 Å². The molecule has 0 unspecified atom stereocenters. The molecule has 0 radical (unpaired) electrons. The van der Waals surface area contributed by atoms with Crippen molar-refractivity contribution in [3.63, 3.8) is 0 Å². The SMILES string of the molecule is Cc1c(C(N)=O)c2c(Cc3ccccc3)c(O)ccc2n1C. The molecule has 22 heavy (non-hydrogen) atoms. The lowest BCUT2D eigenvalue weighted by Gasteiger charge is -2.08. The molecule has 3 aromatic rings. The van der Waals surface area contributed by atoms with E-state index in [0.29, 0.717) is 12.0 Å². The van der Waals surface area contributed by atoms with Gasteiger partial charge in [0.05, 0.1) is 5.56 Å². The fraction of sp³-hybridized carbons (Fsp3) is 0.167. The summed E-state index contributed by atoms with van der Waals surface area (Å²) in [5, 5.41) is 11.1. The molecule has 0 aliphatic carbocycles. The number of amides is 1. The number of primary amides is 1. The molecule has 0 aliphatic rings. The highest BCUT2D eigenvalue weighted by atomic mass is 16.3. The number of nitrogens with two attached hydrogens (primary N) is 1. The lowest BCUT2D eigenvalue weighted by Crippen LogP contribution is -2.12. The van der Waals surface area contributed by atoms with Crippen molar-refractivity contribution in [1.82, 2.24) is 4.57 Å². The number of aryl methyl sites for hydroxylation is 1. The summed E-state index contributed by atoms with van der Waals surface area (Å²) in [6, 6.07) is 13.3. The molecule has 0 bridgehead atoms. The number of aromatic nitrogens is 1. The van der Waals surface area contributed by atoms with Crippen LogP contribution in [0, 0.1) is 6.92 Å². The largest absolute Gasteiger partial charge is 0.508 e. The monoisotopic (exact) mass is 294 g/mol. The predicted molar refractivity (Wildman–Crippen MR) is 87.1 cm³/mol. The number of carbonyl (C=O) groups is 1. The highest BCUT2D eigenvalue weighted by molar-refractivity contribution is 6.09. The maximum Gasteiger partial charge on any atom is 0.251 e. The molecule has 2 aromatic carbocycles. The Morgan fingerprint density at radius 1 is 1.18 bits per heavy atom. The minimum atomic E-state index is -0.469. The summed E-state index contributed by atoms with van der Waals surface area (Å²) in [4.78, 5) is 11.9. The first kappa shape index (κ1) is 14.2. The number of aromatic hydroxyl groups is 1. The van der Waals surface area contributed by atoms with Crippen LogP contribution in [0.15, 0.2) is 42.5 Å². The zero-order valence-corrected chi connectivity index (χ0v) is 12.6. The topological polar surface area (TPSA) is 68.2 Å². The van der Waals surface area contributed by atoms with Crippen LogP contribution in [0.2, 0.25) is 0 Å². The average Bonchev–Trinajstić information content (AvgIpc) is 2.75. The average molecular weight is 294 g/mol.